The van der Waals surface area contributed by atoms with E-state index in [0.717, 1.165) is 25.0 Å². The highest BCUT2D eigenvalue weighted by Crippen LogP contribution is 2.23. The average molecular weight is 356 g/mol. The van der Waals surface area contributed by atoms with Crippen LogP contribution in [0.5, 0.6) is 5.75 Å². The summed E-state index contributed by atoms with van der Waals surface area (Å²) in [5, 5.41) is 5.71. The van der Waals surface area contributed by atoms with E-state index >= 15 is 0 Å². The molecule has 0 bridgehead atoms. The van der Waals surface area contributed by atoms with E-state index < -0.39 is 0 Å². The number of aromatic nitrogens is 2. The lowest BCUT2D eigenvalue weighted by atomic mass is 10.1. The number of ether oxygens (including phenoxy) is 1. The van der Waals surface area contributed by atoms with Crippen molar-refractivity contribution in [3.63, 3.8) is 0 Å². The molecule has 2 amide bonds. The lowest BCUT2D eigenvalue weighted by Gasteiger charge is -2.17. The summed E-state index contributed by atoms with van der Waals surface area (Å²) in [6.07, 6.45) is 2.70. The fraction of sp³-hybridized carbons (Fsp3) is 0.421. The van der Waals surface area contributed by atoms with Crippen LogP contribution in [0.4, 0.5) is 5.69 Å². The molecule has 3 rings (SSSR count). The van der Waals surface area contributed by atoms with Crippen molar-refractivity contribution in [2.24, 2.45) is 0 Å². The van der Waals surface area contributed by atoms with Gasteiger partial charge in [0.2, 0.25) is 0 Å². The van der Waals surface area contributed by atoms with Gasteiger partial charge in [0.05, 0.1) is 12.8 Å². The van der Waals surface area contributed by atoms with E-state index in [4.69, 9.17) is 4.74 Å². The predicted octanol–water partition coefficient (Wildman–Crippen LogP) is 2.62. The largest absolute Gasteiger partial charge is 0.497 e. The third-order valence-electron chi connectivity index (χ3n) is 4.28. The van der Waals surface area contributed by atoms with E-state index in [9.17, 15) is 9.59 Å². The number of hydrogen-bond acceptors (Lipinski definition) is 4. The smallest absolute Gasteiger partial charge is 0.287 e. The van der Waals surface area contributed by atoms with Crippen molar-refractivity contribution in [2.45, 2.75) is 45.7 Å². The van der Waals surface area contributed by atoms with Crippen LogP contribution in [-0.4, -0.2) is 34.5 Å². The minimum absolute atomic E-state index is 0.00750. The van der Waals surface area contributed by atoms with Crippen molar-refractivity contribution in [1.82, 2.24) is 14.9 Å². The van der Waals surface area contributed by atoms with Crippen LogP contribution in [0.15, 0.2) is 24.3 Å². The zero-order valence-corrected chi connectivity index (χ0v) is 15.3. The average Bonchev–Trinajstić information content (AvgIpc) is 3.01. The minimum Gasteiger partial charge on any atom is -0.497 e. The van der Waals surface area contributed by atoms with Crippen LogP contribution in [0.2, 0.25) is 0 Å². The van der Waals surface area contributed by atoms with Crippen molar-refractivity contribution in [3.05, 3.63) is 41.5 Å². The molecule has 0 fully saturated rings. The van der Waals surface area contributed by atoms with Gasteiger partial charge in [-0.25, -0.2) is 4.98 Å². The maximum absolute atomic E-state index is 12.8. The van der Waals surface area contributed by atoms with E-state index in [1.807, 2.05) is 24.5 Å². The Morgan fingerprint density at radius 2 is 2.04 bits per heavy atom. The Bertz CT molecular complexity index is 826. The molecule has 0 spiro atoms. The van der Waals surface area contributed by atoms with Gasteiger partial charge in [0.1, 0.15) is 5.75 Å². The number of rotatable bonds is 5. The Labute approximate surface area is 152 Å². The highest BCUT2D eigenvalue weighted by molar-refractivity contribution is 6.05. The van der Waals surface area contributed by atoms with Gasteiger partial charge in [-0.3, -0.25) is 9.59 Å². The summed E-state index contributed by atoms with van der Waals surface area (Å²) in [5.74, 6) is 0.409. The molecular formula is C19H24N4O3. The highest BCUT2D eigenvalue weighted by atomic mass is 16.5. The maximum atomic E-state index is 12.8. The molecule has 138 valence electrons. The van der Waals surface area contributed by atoms with Crippen LogP contribution in [-0.2, 0) is 13.0 Å². The summed E-state index contributed by atoms with van der Waals surface area (Å²) < 4.78 is 7.06. The first-order valence-electron chi connectivity index (χ1n) is 8.85. The third-order valence-corrected chi connectivity index (χ3v) is 4.28. The Balaban J connectivity index is 1.90. The van der Waals surface area contributed by atoms with Crippen LogP contribution in [0.25, 0.3) is 0 Å². The molecule has 1 aromatic heterocycles. The molecule has 2 N–H and O–H groups in total. The van der Waals surface area contributed by atoms with Crippen LogP contribution in [0, 0.1) is 0 Å². The zero-order chi connectivity index (χ0) is 18.7. The van der Waals surface area contributed by atoms with Crippen molar-refractivity contribution in [2.75, 3.05) is 12.4 Å². The molecule has 0 saturated heterocycles. The molecular weight excluding hydrogens is 332 g/mol. The summed E-state index contributed by atoms with van der Waals surface area (Å²) in [5.41, 5.74) is 1.77. The molecule has 0 atom stereocenters. The number of methoxy groups -OCH3 is 1. The monoisotopic (exact) mass is 356 g/mol. The van der Waals surface area contributed by atoms with Crippen LogP contribution < -0.4 is 15.4 Å². The molecule has 7 heteroatoms. The summed E-state index contributed by atoms with van der Waals surface area (Å²) >= 11 is 0. The molecule has 1 aromatic carbocycles. The Kier molecular flexibility index (Phi) is 5.25. The first kappa shape index (κ1) is 18.0. The number of fused-ring (bicyclic) bond motifs is 1. The van der Waals surface area contributed by atoms with E-state index in [1.165, 1.54) is 0 Å². The van der Waals surface area contributed by atoms with Crippen LogP contribution in [0.3, 0.4) is 0 Å². The quantitative estimate of drug-likeness (QED) is 0.862. The second-order valence-electron chi connectivity index (χ2n) is 6.65. The summed E-state index contributed by atoms with van der Waals surface area (Å²) in [6.45, 7) is 4.50. The molecule has 26 heavy (non-hydrogen) atoms. The number of carbonyl (C=O) groups is 2. The number of nitrogens with zero attached hydrogens (tertiary/aromatic N) is 2. The number of anilines is 1. The third kappa shape index (κ3) is 3.71. The van der Waals surface area contributed by atoms with E-state index in [-0.39, 0.29) is 17.9 Å². The second-order valence-corrected chi connectivity index (χ2v) is 6.65. The predicted molar refractivity (Wildman–Crippen MR) is 98.7 cm³/mol. The van der Waals surface area contributed by atoms with Gasteiger partial charge in [0, 0.05) is 24.3 Å². The first-order valence-corrected chi connectivity index (χ1v) is 8.85. The number of amides is 2. The van der Waals surface area contributed by atoms with Gasteiger partial charge in [0.25, 0.3) is 11.8 Å². The van der Waals surface area contributed by atoms with Crippen molar-refractivity contribution in [3.8, 4) is 5.75 Å². The molecule has 0 radical (unpaired) electrons. The number of benzene rings is 1. The van der Waals surface area contributed by atoms with E-state index in [2.05, 4.69) is 15.6 Å². The Morgan fingerprint density at radius 1 is 1.23 bits per heavy atom. The van der Waals surface area contributed by atoms with Crippen molar-refractivity contribution < 1.29 is 14.3 Å². The van der Waals surface area contributed by atoms with Gasteiger partial charge in [-0.2, -0.15) is 0 Å². The molecule has 0 unspecified atom stereocenters. The van der Waals surface area contributed by atoms with E-state index in [0.29, 0.717) is 29.5 Å². The topological polar surface area (TPSA) is 85.2 Å². The van der Waals surface area contributed by atoms with Crippen molar-refractivity contribution >= 4 is 17.5 Å². The maximum Gasteiger partial charge on any atom is 0.287 e. The highest BCUT2D eigenvalue weighted by Gasteiger charge is 2.27. The molecule has 1 aliphatic rings. The van der Waals surface area contributed by atoms with E-state index in [1.54, 1.807) is 25.3 Å². The Hall–Kier alpha value is -2.83. The summed E-state index contributed by atoms with van der Waals surface area (Å²) in [6, 6.07) is 7.15. The Morgan fingerprint density at radius 3 is 2.77 bits per heavy atom. The lowest BCUT2D eigenvalue weighted by molar-refractivity contribution is 0.0927. The molecule has 0 aliphatic carbocycles. The molecule has 0 saturated carbocycles. The van der Waals surface area contributed by atoms with Gasteiger partial charge in [-0.15, -0.1) is 0 Å². The number of hydrogen-bond donors (Lipinski definition) is 2. The van der Waals surface area contributed by atoms with Gasteiger partial charge in [-0.05, 0) is 45.2 Å². The molecule has 1 aliphatic heterocycles. The minimum atomic E-state index is -0.312. The summed E-state index contributed by atoms with van der Waals surface area (Å²) in [7, 11) is 1.58. The fourth-order valence-electron chi connectivity index (χ4n) is 3.12. The van der Waals surface area contributed by atoms with Crippen molar-refractivity contribution in [1.29, 1.82) is 0 Å². The standard InChI is InChI=1S/C19H24N4O3/c1-12(2)20-19(25)17-22-16(15-9-4-5-10-23(15)17)18(24)21-13-7-6-8-14(11-13)26-3/h6-8,11-12H,4-5,9-10H2,1-3H3,(H,20,25)(H,21,24). The molecule has 2 heterocycles. The van der Waals surface area contributed by atoms with Crippen LogP contribution >= 0.6 is 0 Å². The normalized spacial score (nSPS) is 13.2. The van der Waals surface area contributed by atoms with Gasteiger partial charge < -0.3 is 19.9 Å². The molecule has 7 nitrogen and oxygen atoms in total. The molecule has 2 aromatic rings. The zero-order valence-electron chi connectivity index (χ0n) is 15.3. The first-order chi connectivity index (χ1) is 12.5. The fourth-order valence-corrected chi connectivity index (χ4v) is 3.12. The SMILES string of the molecule is COc1cccc(NC(=O)c2nc(C(=O)NC(C)C)n3c2CCCC3)c1. The number of imidazole rings is 1. The van der Waals surface area contributed by atoms with Gasteiger partial charge in [-0.1, -0.05) is 6.07 Å². The summed E-state index contributed by atoms with van der Waals surface area (Å²) in [4.78, 5) is 29.6. The lowest BCUT2D eigenvalue weighted by Crippen LogP contribution is -2.33. The van der Waals surface area contributed by atoms with Gasteiger partial charge in [0.15, 0.2) is 11.5 Å². The second kappa shape index (κ2) is 7.59. The van der Waals surface area contributed by atoms with Crippen LogP contribution in [0.1, 0.15) is 53.5 Å². The van der Waals surface area contributed by atoms with Gasteiger partial charge >= 0.3 is 0 Å². The number of carbonyl (C=O) groups excluding carboxylic acids is 2. The number of nitrogens with one attached hydrogen (secondary N) is 2.